The van der Waals surface area contributed by atoms with Gasteiger partial charge in [0.1, 0.15) is 0 Å². The van der Waals surface area contributed by atoms with Crippen LogP contribution in [-0.2, 0) is 16.4 Å². The first-order valence-electron chi connectivity index (χ1n) is 8.46. The van der Waals surface area contributed by atoms with Crippen molar-refractivity contribution in [3.05, 3.63) is 75.1 Å². The zero-order chi connectivity index (χ0) is 18.9. The second kappa shape index (κ2) is 7.05. The highest BCUT2D eigenvalue weighted by atomic mass is 32.2. The minimum absolute atomic E-state index is 0.162. The van der Waals surface area contributed by atoms with Crippen molar-refractivity contribution in [3.63, 3.8) is 0 Å². The number of pyridine rings is 1. The number of aromatic nitrogens is 1. The zero-order valence-electron chi connectivity index (χ0n) is 15.1. The average Bonchev–Trinajstić information content (AvgIpc) is 2.55. The number of nitrogens with one attached hydrogen (secondary N) is 2. The maximum atomic E-state index is 12.4. The summed E-state index contributed by atoms with van der Waals surface area (Å²) in [7, 11) is -3.58. The van der Waals surface area contributed by atoms with Crippen LogP contribution in [0.15, 0.2) is 52.2 Å². The Morgan fingerprint density at radius 3 is 2.50 bits per heavy atom. The molecule has 0 aliphatic carbocycles. The highest BCUT2D eigenvalue weighted by molar-refractivity contribution is 7.89. The summed E-state index contributed by atoms with van der Waals surface area (Å²) in [6.45, 7) is 5.99. The number of aromatic amines is 1. The first kappa shape index (κ1) is 18.4. The molecule has 0 bridgehead atoms. The summed E-state index contributed by atoms with van der Waals surface area (Å²) >= 11 is 0. The van der Waals surface area contributed by atoms with Crippen LogP contribution in [0.5, 0.6) is 0 Å². The van der Waals surface area contributed by atoms with Crippen molar-refractivity contribution in [2.45, 2.75) is 32.1 Å². The summed E-state index contributed by atoms with van der Waals surface area (Å²) in [5.41, 5.74) is 4.23. The van der Waals surface area contributed by atoms with E-state index in [1.165, 1.54) is 0 Å². The lowest BCUT2D eigenvalue weighted by Crippen LogP contribution is -2.27. The highest BCUT2D eigenvalue weighted by Gasteiger charge is 2.14. The van der Waals surface area contributed by atoms with E-state index in [1.807, 2.05) is 39.0 Å². The van der Waals surface area contributed by atoms with E-state index in [0.717, 1.165) is 27.6 Å². The molecular formula is C20H22N2O3S. The fourth-order valence-corrected chi connectivity index (χ4v) is 4.22. The molecule has 0 radical (unpaired) electrons. The largest absolute Gasteiger partial charge is 0.322 e. The number of H-pyrrole nitrogens is 1. The minimum Gasteiger partial charge on any atom is -0.322 e. The third-order valence-electron chi connectivity index (χ3n) is 4.38. The topological polar surface area (TPSA) is 79.0 Å². The number of rotatable bonds is 5. The van der Waals surface area contributed by atoms with E-state index in [9.17, 15) is 13.2 Å². The molecule has 6 heteroatoms. The Bertz CT molecular complexity index is 1130. The third-order valence-corrected chi connectivity index (χ3v) is 5.83. The smallest absolute Gasteiger partial charge is 0.251 e. The minimum atomic E-state index is -3.58. The van der Waals surface area contributed by atoms with Gasteiger partial charge in [-0.25, -0.2) is 13.1 Å². The lowest BCUT2D eigenvalue weighted by Gasteiger charge is -2.09. The van der Waals surface area contributed by atoms with Crippen LogP contribution in [0.3, 0.4) is 0 Å². The first-order chi connectivity index (χ1) is 12.3. The van der Waals surface area contributed by atoms with Crippen molar-refractivity contribution < 1.29 is 8.42 Å². The molecule has 1 aromatic heterocycles. The van der Waals surface area contributed by atoms with Crippen molar-refractivity contribution in [1.29, 1.82) is 0 Å². The van der Waals surface area contributed by atoms with Crippen molar-refractivity contribution in [1.82, 2.24) is 9.71 Å². The number of aryl methyl sites for hydroxylation is 3. The molecule has 136 valence electrons. The van der Waals surface area contributed by atoms with Gasteiger partial charge in [0.2, 0.25) is 10.0 Å². The molecule has 0 unspecified atom stereocenters. The quantitative estimate of drug-likeness (QED) is 0.725. The van der Waals surface area contributed by atoms with Crippen LogP contribution >= 0.6 is 0 Å². The number of benzene rings is 2. The normalized spacial score (nSPS) is 11.8. The first-order valence-corrected chi connectivity index (χ1v) is 9.94. The molecule has 2 N–H and O–H groups in total. The van der Waals surface area contributed by atoms with E-state index in [-0.39, 0.29) is 17.0 Å². The van der Waals surface area contributed by atoms with Gasteiger partial charge in [0, 0.05) is 23.0 Å². The predicted molar refractivity (Wildman–Crippen MR) is 104 cm³/mol. The Morgan fingerprint density at radius 1 is 1.00 bits per heavy atom. The van der Waals surface area contributed by atoms with Crippen LogP contribution in [-0.4, -0.2) is 19.9 Å². The molecule has 0 aliphatic rings. The summed E-state index contributed by atoms with van der Waals surface area (Å²) in [4.78, 5) is 15.4. The van der Waals surface area contributed by atoms with Crippen LogP contribution in [0.1, 0.15) is 22.3 Å². The molecule has 0 saturated carbocycles. The van der Waals surface area contributed by atoms with E-state index in [2.05, 4.69) is 15.8 Å². The number of hydrogen-bond donors (Lipinski definition) is 2. The van der Waals surface area contributed by atoms with Crippen LogP contribution < -0.4 is 10.3 Å². The fraction of sp³-hybridized carbons (Fsp3) is 0.250. The van der Waals surface area contributed by atoms with Gasteiger partial charge in [0.05, 0.1) is 4.90 Å². The highest BCUT2D eigenvalue weighted by Crippen LogP contribution is 2.18. The molecule has 0 amide bonds. The molecule has 0 fully saturated rings. The van der Waals surface area contributed by atoms with Crippen LogP contribution in [0.2, 0.25) is 0 Å². The lowest BCUT2D eigenvalue weighted by atomic mass is 10.0. The number of fused-ring (bicyclic) bond motifs is 1. The molecule has 3 rings (SSSR count). The fourth-order valence-electron chi connectivity index (χ4n) is 3.09. The van der Waals surface area contributed by atoms with Gasteiger partial charge in [-0.2, -0.15) is 0 Å². The Kier molecular flexibility index (Phi) is 4.98. The Balaban J connectivity index is 1.80. The summed E-state index contributed by atoms with van der Waals surface area (Å²) in [6, 6.07) is 12.6. The molecule has 26 heavy (non-hydrogen) atoms. The summed E-state index contributed by atoms with van der Waals surface area (Å²) in [5.74, 6) is 0. The lowest BCUT2D eigenvalue weighted by molar-refractivity contribution is 0.581. The van der Waals surface area contributed by atoms with E-state index in [1.54, 1.807) is 18.2 Å². The van der Waals surface area contributed by atoms with Crippen molar-refractivity contribution >= 4 is 20.9 Å². The van der Waals surface area contributed by atoms with E-state index in [0.29, 0.717) is 12.0 Å². The summed E-state index contributed by atoms with van der Waals surface area (Å²) in [6.07, 6.45) is 0.323. The van der Waals surface area contributed by atoms with E-state index >= 15 is 0 Å². The van der Waals surface area contributed by atoms with Gasteiger partial charge in [-0.3, -0.25) is 4.79 Å². The van der Waals surface area contributed by atoms with Crippen LogP contribution in [0.25, 0.3) is 10.9 Å². The van der Waals surface area contributed by atoms with Crippen molar-refractivity contribution in [3.8, 4) is 0 Å². The van der Waals surface area contributed by atoms with Gasteiger partial charge < -0.3 is 4.98 Å². The van der Waals surface area contributed by atoms with Gasteiger partial charge in [-0.15, -0.1) is 0 Å². The average molecular weight is 370 g/mol. The molecular weight excluding hydrogens is 348 g/mol. The summed E-state index contributed by atoms with van der Waals surface area (Å²) in [5, 5.41) is 0.978. The van der Waals surface area contributed by atoms with Crippen molar-refractivity contribution in [2.24, 2.45) is 0 Å². The molecule has 0 saturated heterocycles. The molecule has 0 atom stereocenters. The maximum Gasteiger partial charge on any atom is 0.251 e. The Morgan fingerprint density at radius 2 is 1.77 bits per heavy atom. The van der Waals surface area contributed by atoms with Gasteiger partial charge in [-0.05, 0) is 68.1 Å². The summed E-state index contributed by atoms with van der Waals surface area (Å²) < 4.78 is 27.3. The second-order valence-electron chi connectivity index (χ2n) is 6.63. The molecule has 3 aromatic rings. The van der Waals surface area contributed by atoms with Gasteiger partial charge in [-0.1, -0.05) is 18.2 Å². The zero-order valence-corrected chi connectivity index (χ0v) is 15.9. The maximum absolute atomic E-state index is 12.4. The van der Waals surface area contributed by atoms with Crippen molar-refractivity contribution in [2.75, 3.05) is 6.54 Å². The van der Waals surface area contributed by atoms with Crippen LogP contribution in [0, 0.1) is 20.8 Å². The molecule has 1 heterocycles. The Labute approximate surface area is 153 Å². The predicted octanol–water partition coefficient (Wildman–Crippen LogP) is 2.97. The number of hydrogen-bond acceptors (Lipinski definition) is 3. The molecule has 0 spiro atoms. The van der Waals surface area contributed by atoms with Gasteiger partial charge in [0.25, 0.3) is 5.56 Å². The third kappa shape index (κ3) is 3.86. The molecule has 5 nitrogen and oxygen atoms in total. The Hall–Kier alpha value is -2.44. The van der Waals surface area contributed by atoms with Gasteiger partial charge in [0.15, 0.2) is 0 Å². The van der Waals surface area contributed by atoms with Gasteiger partial charge >= 0.3 is 0 Å². The van der Waals surface area contributed by atoms with E-state index in [4.69, 9.17) is 0 Å². The standard InChI is InChI=1S/C20H22N2O3S/c1-13-5-4-6-17(10-13)26(24,25)21-8-7-16-12-18-15(3)9-14(2)11-19(18)22-20(16)23/h4-6,9-12,21H,7-8H2,1-3H3,(H,22,23). The molecule has 2 aromatic carbocycles. The van der Waals surface area contributed by atoms with Crippen LogP contribution in [0.4, 0.5) is 0 Å². The van der Waals surface area contributed by atoms with E-state index < -0.39 is 10.0 Å². The second-order valence-corrected chi connectivity index (χ2v) is 8.40. The SMILES string of the molecule is Cc1cccc(S(=O)(=O)NCCc2cc3c(C)cc(C)cc3[nH]c2=O)c1. The monoisotopic (exact) mass is 370 g/mol. The molecule has 0 aliphatic heterocycles. The number of sulfonamides is 1.